The number of hydrogen-bond donors (Lipinski definition) is 3. The monoisotopic (exact) mass is 320 g/mol. The summed E-state index contributed by atoms with van der Waals surface area (Å²) in [6, 6.07) is 7.90. The van der Waals surface area contributed by atoms with Gasteiger partial charge in [0.1, 0.15) is 5.65 Å². The number of aromatic amines is 1. The SMILES string of the molecule is Cc1cc2c(cc1C(=O)Nc1ccnc3[nH]ccc13)CCC[C@H]2N. The number of amides is 1. The largest absolute Gasteiger partial charge is 0.346 e. The lowest BCUT2D eigenvalue weighted by molar-refractivity contribution is 0.102. The van der Waals surface area contributed by atoms with E-state index in [4.69, 9.17) is 5.73 Å². The van der Waals surface area contributed by atoms with Crippen LogP contribution in [0.25, 0.3) is 11.0 Å². The number of nitrogens with two attached hydrogens (primary N) is 1. The lowest BCUT2D eigenvalue weighted by Gasteiger charge is -2.24. The summed E-state index contributed by atoms with van der Waals surface area (Å²) in [6.07, 6.45) is 6.58. The summed E-state index contributed by atoms with van der Waals surface area (Å²) in [5.74, 6) is -0.0943. The molecule has 2 heterocycles. The first kappa shape index (κ1) is 14.9. The van der Waals surface area contributed by atoms with Crippen molar-refractivity contribution < 1.29 is 4.79 Å². The quantitative estimate of drug-likeness (QED) is 0.676. The zero-order valence-electron chi connectivity index (χ0n) is 13.6. The smallest absolute Gasteiger partial charge is 0.255 e. The van der Waals surface area contributed by atoms with E-state index >= 15 is 0 Å². The van der Waals surface area contributed by atoms with Crippen LogP contribution in [-0.2, 0) is 6.42 Å². The molecule has 0 fully saturated rings. The summed E-state index contributed by atoms with van der Waals surface area (Å²) < 4.78 is 0. The summed E-state index contributed by atoms with van der Waals surface area (Å²) in [7, 11) is 0. The van der Waals surface area contributed by atoms with Gasteiger partial charge in [0.25, 0.3) is 5.91 Å². The number of anilines is 1. The lowest BCUT2D eigenvalue weighted by Crippen LogP contribution is -2.20. The van der Waals surface area contributed by atoms with Crippen molar-refractivity contribution in [3.05, 3.63) is 58.9 Å². The van der Waals surface area contributed by atoms with Crippen molar-refractivity contribution in [2.24, 2.45) is 5.73 Å². The van der Waals surface area contributed by atoms with E-state index in [-0.39, 0.29) is 11.9 Å². The molecule has 0 unspecified atom stereocenters. The Hall–Kier alpha value is -2.66. The number of benzene rings is 1. The number of hydrogen-bond acceptors (Lipinski definition) is 3. The van der Waals surface area contributed by atoms with E-state index in [1.54, 1.807) is 6.20 Å². The fourth-order valence-electron chi connectivity index (χ4n) is 3.51. The first-order chi connectivity index (χ1) is 11.6. The molecular weight excluding hydrogens is 300 g/mol. The first-order valence-corrected chi connectivity index (χ1v) is 8.26. The van der Waals surface area contributed by atoms with Crippen molar-refractivity contribution in [3.63, 3.8) is 0 Å². The van der Waals surface area contributed by atoms with Gasteiger partial charge in [0.2, 0.25) is 0 Å². The van der Waals surface area contributed by atoms with E-state index in [1.165, 1.54) is 11.1 Å². The maximum atomic E-state index is 12.8. The van der Waals surface area contributed by atoms with Gasteiger partial charge in [0.15, 0.2) is 0 Å². The third kappa shape index (κ3) is 2.47. The Morgan fingerprint density at radius 3 is 3.12 bits per heavy atom. The van der Waals surface area contributed by atoms with Gasteiger partial charge in [-0.3, -0.25) is 4.79 Å². The van der Waals surface area contributed by atoms with Gasteiger partial charge in [-0.2, -0.15) is 0 Å². The number of carbonyl (C=O) groups is 1. The van der Waals surface area contributed by atoms with E-state index in [2.05, 4.69) is 21.4 Å². The molecule has 4 rings (SSSR count). The van der Waals surface area contributed by atoms with Gasteiger partial charge in [0, 0.05) is 29.4 Å². The molecule has 1 atom stereocenters. The van der Waals surface area contributed by atoms with Gasteiger partial charge in [-0.25, -0.2) is 4.98 Å². The van der Waals surface area contributed by atoms with E-state index < -0.39 is 0 Å². The fraction of sp³-hybridized carbons (Fsp3) is 0.263. The number of H-pyrrole nitrogens is 1. The van der Waals surface area contributed by atoms with Gasteiger partial charge >= 0.3 is 0 Å². The number of nitrogens with zero attached hydrogens (tertiary/aromatic N) is 1. The molecule has 0 spiro atoms. The Labute approximate surface area is 140 Å². The average Bonchev–Trinajstić information content (AvgIpc) is 3.05. The average molecular weight is 320 g/mol. The molecule has 1 aliphatic rings. The summed E-state index contributed by atoms with van der Waals surface area (Å²) in [5.41, 5.74) is 11.8. The first-order valence-electron chi connectivity index (χ1n) is 8.26. The molecule has 24 heavy (non-hydrogen) atoms. The second-order valence-corrected chi connectivity index (χ2v) is 6.42. The van der Waals surface area contributed by atoms with E-state index in [0.29, 0.717) is 5.56 Å². The van der Waals surface area contributed by atoms with Crippen molar-refractivity contribution in [2.45, 2.75) is 32.2 Å². The minimum atomic E-state index is -0.0943. The molecule has 5 heteroatoms. The third-order valence-electron chi connectivity index (χ3n) is 4.80. The Kier molecular flexibility index (Phi) is 3.58. The van der Waals surface area contributed by atoms with Gasteiger partial charge in [-0.05, 0) is 61.1 Å². The van der Waals surface area contributed by atoms with E-state index in [1.807, 2.05) is 31.3 Å². The minimum absolute atomic E-state index is 0.0873. The van der Waals surface area contributed by atoms with Crippen LogP contribution in [-0.4, -0.2) is 15.9 Å². The van der Waals surface area contributed by atoms with Crippen LogP contribution in [0.5, 0.6) is 0 Å². The summed E-state index contributed by atoms with van der Waals surface area (Å²) in [5, 5.41) is 3.92. The van der Waals surface area contributed by atoms with Gasteiger partial charge in [-0.1, -0.05) is 6.07 Å². The van der Waals surface area contributed by atoms with Crippen molar-refractivity contribution in [1.29, 1.82) is 0 Å². The highest BCUT2D eigenvalue weighted by Gasteiger charge is 2.20. The maximum absolute atomic E-state index is 12.8. The van der Waals surface area contributed by atoms with E-state index in [0.717, 1.165) is 41.5 Å². The molecule has 1 aliphatic carbocycles. The molecule has 0 bridgehead atoms. The zero-order valence-corrected chi connectivity index (χ0v) is 13.6. The topological polar surface area (TPSA) is 83.8 Å². The summed E-state index contributed by atoms with van der Waals surface area (Å²) in [6.45, 7) is 1.97. The Morgan fingerprint density at radius 1 is 1.38 bits per heavy atom. The van der Waals surface area contributed by atoms with Crippen LogP contribution in [0.3, 0.4) is 0 Å². The molecule has 1 amide bonds. The maximum Gasteiger partial charge on any atom is 0.255 e. The molecule has 3 aromatic rings. The highest BCUT2D eigenvalue weighted by atomic mass is 16.1. The molecular formula is C19H20N4O. The molecule has 1 aromatic carbocycles. The molecule has 0 aliphatic heterocycles. The number of fused-ring (bicyclic) bond motifs is 2. The second kappa shape index (κ2) is 5.76. The highest BCUT2D eigenvalue weighted by Crippen LogP contribution is 2.31. The Balaban J connectivity index is 1.69. The van der Waals surface area contributed by atoms with Crippen molar-refractivity contribution in [1.82, 2.24) is 9.97 Å². The molecule has 0 saturated carbocycles. The highest BCUT2D eigenvalue weighted by molar-refractivity contribution is 6.09. The minimum Gasteiger partial charge on any atom is -0.346 e. The standard InChI is InChI=1S/C19H20N4O/c1-11-9-15-12(3-2-4-16(15)20)10-14(11)19(24)23-17-6-8-22-18-13(17)5-7-21-18/h5-10,16H,2-4,20H2,1H3,(H2,21,22,23,24)/t16-/m1/s1. The van der Waals surface area contributed by atoms with Crippen LogP contribution in [0, 0.1) is 6.92 Å². The lowest BCUT2D eigenvalue weighted by atomic mass is 9.85. The number of nitrogens with one attached hydrogen (secondary N) is 2. The van der Waals surface area contributed by atoms with Gasteiger partial charge in [0.05, 0.1) is 5.69 Å². The van der Waals surface area contributed by atoms with Crippen molar-refractivity contribution >= 4 is 22.6 Å². The number of carbonyl (C=O) groups excluding carboxylic acids is 1. The molecule has 5 nitrogen and oxygen atoms in total. The number of rotatable bonds is 2. The predicted molar refractivity (Wildman–Crippen MR) is 95.1 cm³/mol. The van der Waals surface area contributed by atoms with Crippen molar-refractivity contribution in [3.8, 4) is 0 Å². The van der Waals surface area contributed by atoms with Crippen LogP contribution in [0.2, 0.25) is 0 Å². The van der Waals surface area contributed by atoms with E-state index in [9.17, 15) is 4.79 Å². The summed E-state index contributed by atoms with van der Waals surface area (Å²) >= 11 is 0. The second-order valence-electron chi connectivity index (χ2n) is 6.42. The molecule has 122 valence electrons. The fourth-order valence-corrected chi connectivity index (χ4v) is 3.51. The number of pyridine rings is 1. The Morgan fingerprint density at radius 2 is 2.25 bits per heavy atom. The van der Waals surface area contributed by atoms with Crippen LogP contribution in [0.15, 0.2) is 36.7 Å². The zero-order chi connectivity index (χ0) is 16.7. The van der Waals surface area contributed by atoms with Gasteiger partial charge in [-0.15, -0.1) is 0 Å². The molecule has 2 aromatic heterocycles. The van der Waals surface area contributed by atoms with Crippen LogP contribution >= 0.6 is 0 Å². The molecule has 0 radical (unpaired) electrons. The third-order valence-corrected chi connectivity index (χ3v) is 4.80. The number of aromatic nitrogens is 2. The Bertz CT molecular complexity index is 928. The predicted octanol–water partition coefficient (Wildman–Crippen LogP) is 3.46. The van der Waals surface area contributed by atoms with Gasteiger partial charge < -0.3 is 16.0 Å². The normalized spacial score (nSPS) is 16.8. The molecule has 4 N–H and O–H groups in total. The van der Waals surface area contributed by atoms with Crippen LogP contribution in [0.1, 0.15) is 45.9 Å². The molecule has 0 saturated heterocycles. The number of aryl methyl sites for hydroxylation is 2. The van der Waals surface area contributed by atoms with Crippen molar-refractivity contribution in [2.75, 3.05) is 5.32 Å². The summed E-state index contributed by atoms with van der Waals surface area (Å²) in [4.78, 5) is 20.1. The van der Waals surface area contributed by atoms with Crippen LogP contribution in [0.4, 0.5) is 5.69 Å². The van der Waals surface area contributed by atoms with Crippen LogP contribution < -0.4 is 11.1 Å².